The third kappa shape index (κ3) is 4.32. The minimum absolute atomic E-state index is 0.524. The molecule has 0 amide bonds. The summed E-state index contributed by atoms with van der Waals surface area (Å²) in [5.74, 6) is 0. The Balaban J connectivity index is 4.38. The van der Waals surface area contributed by atoms with E-state index in [1.807, 2.05) is 6.92 Å². The average Bonchev–Trinajstić information content (AvgIpc) is 2.32. The van der Waals surface area contributed by atoms with Crippen molar-refractivity contribution in [1.29, 1.82) is 0 Å². The predicted octanol–water partition coefficient (Wildman–Crippen LogP) is -1.76. The van der Waals surface area contributed by atoms with Crippen LogP contribution in [0.5, 0.6) is 0 Å². The number of methoxy groups -OCH3 is 1. The Morgan fingerprint density at radius 3 is 1.94 bits per heavy atom. The quantitative estimate of drug-likeness (QED) is 0.342. The molecule has 0 heterocycles. The van der Waals surface area contributed by atoms with Gasteiger partial charge in [-0.1, -0.05) is 13.3 Å². The van der Waals surface area contributed by atoms with E-state index >= 15 is 0 Å². The highest BCUT2D eigenvalue weighted by atomic mass is 16.5. The van der Waals surface area contributed by atoms with Crippen molar-refractivity contribution in [3.05, 3.63) is 0 Å². The first-order valence-electron chi connectivity index (χ1n) is 5.35. The second-order valence-electron chi connectivity index (χ2n) is 3.78. The molecule has 0 saturated carbocycles. The Morgan fingerprint density at radius 1 is 1.00 bits per heavy atom. The van der Waals surface area contributed by atoms with Gasteiger partial charge in [0, 0.05) is 7.11 Å². The molecule has 0 bridgehead atoms. The maximum absolute atomic E-state index is 9.70. The monoisotopic (exact) mass is 238 g/mol. The lowest BCUT2D eigenvalue weighted by Gasteiger charge is -2.30. The topological polar surface area (TPSA) is 110 Å². The molecule has 5 N–H and O–H groups in total. The van der Waals surface area contributed by atoms with Crippen molar-refractivity contribution in [2.45, 2.75) is 50.3 Å². The molecule has 6 nitrogen and oxygen atoms in total. The molecule has 0 aromatic heterocycles. The van der Waals surface area contributed by atoms with Crippen molar-refractivity contribution in [3.8, 4) is 0 Å². The van der Waals surface area contributed by atoms with Gasteiger partial charge in [-0.05, 0) is 6.42 Å². The van der Waals surface area contributed by atoms with E-state index in [0.717, 1.165) is 6.42 Å². The van der Waals surface area contributed by atoms with E-state index in [1.165, 1.54) is 7.11 Å². The Morgan fingerprint density at radius 2 is 1.56 bits per heavy atom. The van der Waals surface area contributed by atoms with Gasteiger partial charge in [0.1, 0.15) is 24.4 Å². The zero-order chi connectivity index (χ0) is 12.7. The van der Waals surface area contributed by atoms with E-state index in [0.29, 0.717) is 6.42 Å². The summed E-state index contributed by atoms with van der Waals surface area (Å²) < 4.78 is 4.97. The van der Waals surface area contributed by atoms with Crippen molar-refractivity contribution < 1.29 is 30.3 Å². The van der Waals surface area contributed by atoms with Crippen LogP contribution in [0.4, 0.5) is 0 Å². The standard InChI is InChI=1S/C10H22O6/c1-3-4-7(16-2)9(14)10(15)8(13)6(12)5-11/h6-15H,3-5H2,1-2H3. The number of ether oxygens (including phenoxy) is 1. The van der Waals surface area contributed by atoms with Crippen LogP contribution in [0.3, 0.4) is 0 Å². The molecular weight excluding hydrogens is 216 g/mol. The fraction of sp³-hybridized carbons (Fsp3) is 1.00. The van der Waals surface area contributed by atoms with Crippen LogP contribution in [0.1, 0.15) is 19.8 Å². The molecule has 0 radical (unpaired) electrons. The molecule has 6 heteroatoms. The third-order valence-corrected chi connectivity index (χ3v) is 2.54. The minimum Gasteiger partial charge on any atom is -0.394 e. The van der Waals surface area contributed by atoms with E-state index in [1.54, 1.807) is 0 Å². The van der Waals surface area contributed by atoms with Gasteiger partial charge in [0.25, 0.3) is 0 Å². The number of aliphatic hydroxyl groups excluding tert-OH is 5. The highest BCUT2D eigenvalue weighted by Crippen LogP contribution is 2.14. The Bertz CT molecular complexity index is 171. The number of hydrogen-bond acceptors (Lipinski definition) is 6. The van der Waals surface area contributed by atoms with Gasteiger partial charge in [-0.25, -0.2) is 0 Å². The molecule has 0 spiro atoms. The molecule has 0 aromatic rings. The molecule has 0 aliphatic carbocycles. The summed E-state index contributed by atoms with van der Waals surface area (Å²) in [4.78, 5) is 0. The van der Waals surface area contributed by atoms with Gasteiger partial charge in [0.2, 0.25) is 0 Å². The van der Waals surface area contributed by atoms with Crippen LogP contribution in [0.2, 0.25) is 0 Å². The van der Waals surface area contributed by atoms with Gasteiger partial charge in [-0.2, -0.15) is 0 Å². The van der Waals surface area contributed by atoms with Crippen LogP contribution >= 0.6 is 0 Å². The number of rotatable bonds is 8. The van der Waals surface area contributed by atoms with Crippen molar-refractivity contribution in [1.82, 2.24) is 0 Å². The zero-order valence-corrected chi connectivity index (χ0v) is 9.65. The van der Waals surface area contributed by atoms with Crippen LogP contribution in [0.15, 0.2) is 0 Å². The molecule has 0 rings (SSSR count). The molecule has 0 saturated heterocycles. The molecule has 0 aliphatic rings. The lowest BCUT2D eigenvalue weighted by atomic mass is 9.97. The Labute approximate surface area is 95.1 Å². The Kier molecular flexibility index (Phi) is 7.82. The summed E-state index contributed by atoms with van der Waals surface area (Å²) in [5.41, 5.74) is 0. The fourth-order valence-electron chi connectivity index (χ4n) is 1.47. The lowest BCUT2D eigenvalue weighted by Crippen LogP contribution is -2.50. The van der Waals surface area contributed by atoms with E-state index < -0.39 is 37.1 Å². The van der Waals surface area contributed by atoms with E-state index in [4.69, 9.17) is 14.9 Å². The molecule has 0 aromatic carbocycles. The summed E-state index contributed by atoms with van der Waals surface area (Å²) in [6.45, 7) is 1.21. The molecule has 0 fully saturated rings. The summed E-state index contributed by atoms with van der Waals surface area (Å²) in [7, 11) is 1.39. The van der Waals surface area contributed by atoms with Gasteiger partial charge < -0.3 is 30.3 Å². The van der Waals surface area contributed by atoms with E-state index in [-0.39, 0.29) is 0 Å². The van der Waals surface area contributed by atoms with Crippen molar-refractivity contribution in [3.63, 3.8) is 0 Å². The molecule has 5 unspecified atom stereocenters. The van der Waals surface area contributed by atoms with Gasteiger partial charge in [0.05, 0.1) is 12.7 Å². The third-order valence-electron chi connectivity index (χ3n) is 2.54. The summed E-state index contributed by atoms with van der Waals surface area (Å²) >= 11 is 0. The smallest absolute Gasteiger partial charge is 0.111 e. The van der Waals surface area contributed by atoms with Crippen LogP contribution < -0.4 is 0 Å². The molecule has 0 aliphatic heterocycles. The van der Waals surface area contributed by atoms with Crippen LogP contribution in [-0.4, -0.2) is 69.8 Å². The molecule has 5 atom stereocenters. The zero-order valence-electron chi connectivity index (χ0n) is 9.65. The van der Waals surface area contributed by atoms with Gasteiger partial charge in [-0.15, -0.1) is 0 Å². The normalized spacial score (nSPS) is 21.2. The molecule has 16 heavy (non-hydrogen) atoms. The first kappa shape index (κ1) is 15.8. The highest BCUT2D eigenvalue weighted by molar-refractivity contribution is 4.85. The lowest BCUT2D eigenvalue weighted by molar-refractivity contribution is -0.146. The first-order valence-corrected chi connectivity index (χ1v) is 5.35. The highest BCUT2D eigenvalue weighted by Gasteiger charge is 2.34. The van der Waals surface area contributed by atoms with Crippen LogP contribution in [0.25, 0.3) is 0 Å². The Hall–Kier alpha value is -0.240. The minimum atomic E-state index is -1.60. The maximum Gasteiger partial charge on any atom is 0.111 e. The average molecular weight is 238 g/mol. The maximum atomic E-state index is 9.70. The van der Waals surface area contributed by atoms with E-state index in [9.17, 15) is 15.3 Å². The van der Waals surface area contributed by atoms with Gasteiger partial charge >= 0.3 is 0 Å². The van der Waals surface area contributed by atoms with Crippen molar-refractivity contribution in [2.75, 3.05) is 13.7 Å². The number of aliphatic hydroxyl groups is 5. The van der Waals surface area contributed by atoms with Crippen molar-refractivity contribution in [2.24, 2.45) is 0 Å². The SMILES string of the molecule is CCCC(OC)C(O)C(O)C(O)C(O)CO. The van der Waals surface area contributed by atoms with Crippen LogP contribution in [-0.2, 0) is 4.74 Å². The fourth-order valence-corrected chi connectivity index (χ4v) is 1.47. The summed E-state index contributed by atoms with van der Waals surface area (Å²) in [6.07, 6.45) is -5.28. The first-order chi connectivity index (χ1) is 7.49. The van der Waals surface area contributed by atoms with E-state index in [2.05, 4.69) is 0 Å². The largest absolute Gasteiger partial charge is 0.394 e. The van der Waals surface area contributed by atoms with Gasteiger partial charge in [0.15, 0.2) is 0 Å². The molecule has 98 valence electrons. The summed E-state index contributed by atoms with van der Waals surface area (Å²) in [5, 5.41) is 46.4. The van der Waals surface area contributed by atoms with Crippen molar-refractivity contribution >= 4 is 0 Å². The van der Waals surface area contributed by atoms with Crippen LogP contribution in [0, 0.1) is 0 Å². The number of hydrogen-bond donors (Lipinski definition) is 5. The summed E-state index contributed by atoms with van der Waals surface area (Å²) in [6, 6.07) is 0. The second kappa shape index (κ2) is 7.94. The van der Waals surface area contributed by atoms with Gasteiger partial charge in [-0.3, -0.25) is 0 Å². The second-order valence-corrected chi connectivity index (χ2v) is 3.78. The molecular formula is C10H22O6. The predicted molar refractivity (Wildman–Crippen MR) is 56.8 cm³/mol.